The van der Waals surface area contributed by atoms with Crippen LogP contribution in [-0.4, -0.2) is 62.2 Å². The van der Waals surface area contributed by atoms with E-state index in [1.54, 1.807) is 0 Å². The summed E-state index contributed by atoms with van der Waals surface area (Å²) in [6, 6.07) is 0.488. The van der Waals surface area contributed by atoms with Crippen LogP contribution in [0.15, 0.2) is 0 Å². The molecule has 3 unspecified atom stereocenters. The lowest BCUT2D eigenvalue weighted by atomic mass is 10.0. The zero-order chi connectivity index (χ0) is 10.7. The number of aliphatic hydroxyl groups is 1. The average Bonchev–Trinajstić information content (AvgIpc) is 2.91. The van der Waals surface area contributed by atoms with Crippen molar-refractivity contribution in [2.45, 2.75) is 25.0 Å². The molecule has 0 aromatic carbocycles. The number of rotatable bonds is 4. The highest BCUT2D eigenvalue weighted by Crippen LogP contribution is 2.19. The Labute approximate surface area is 91.2 Å². The van der Waals surface area contributed by atoms with E-state index >= 15 is 0 Å². The third-order valence-electron chi connectivity index (χ3n) is 3.51. The van der Waals surface area contributed by atoms with Crippen molar-refractivity contribution in [3.8, 4) is 0 Å². The van der Waals surface area contributed by atoms with Crippen molar-refractivity contribution in [1.29, 1.82) is 0 Å². The van der Waals surface area contributed by atoms with Crippen molar-refractivity contribution in [2.24, 2.45) is 5.92 Å². The smallest absolute Gasteiger partial charge is 0.0718 e. The van der Waals surface area contributed by atoms with E-state index in [9.17, 15) is 5.11 Å². The predicted octanol–water partition coefficient (Wildman–Crippen LogP) is 0.104. The number of likely N-dealkylation sites (N-methyl/N-ethyl adjacent to an activating group) is 1. The normalized spacial score (nSPS) is 33.8. The molecular formula is C11H21NO3. The number of hydrogen-bond donors (Lipinski definition) is 1. The minimum atomic E-state index is -0.252. The molecule has 0 bridgehead atoms. The topological polar surface area (TPSA) is 41.9 Å². The minimum Gasteiger partial charge on any atom is -0.391 e. The van der Waals surface area contributed by atoms with Gasteiger partial charge in [0.1, 0.15) is 0 Å². The van der Waals surface area contributed by atoms with Crippen molar-refractivity contribution >= 4 is 0 Å². The second-order valence-electron chi connectivity index (χ2n) is 4.65. The summed E-state index contributed by atoms with van der Waals surface area (Å²) in [6.45, 7) is 3.93. The van der Waals surface area contributed by atoms with Gasteiger partial charge in [-0.3, -0.25) is 4.90 Å². The first-order valence-electron chi connectivity index (χ1n) is 5.81. The summed E-state index contributed by atoms with van der Waals surface area (Å²) in [5.74, 6) is 0.328. The minimum absolute atomic E-state index is 0.252. The van der Waals surface area contributed by atoms with Crippen LogP contribution in [0, 0.1) is 5.92 Å². The molecule has 2 aliphatic heterocycles. The van der Waals surface area contributed by atoms with Crippen LogP contribution in [0.25, 0.3) is 0 Å². The summed E-state index contributed by atoms with van der Waals surface area (Å²) in [4.78, 5) is 2.22. The Morgan fingerprint density at radius 2 is 2.00 bits per heavy atom. The van der Waals surface area contributed by atoms with E-state index < -0.39 is 0 Å². The second-order valence-corrected chi connectivity index (χ2v) is 4.65. The van der Waals surface area contributed by atoms with Gasteiger partial charge in [0.2, 0.25) is 0 Å². The van der Waals surface area contributed by atoms with E-state index in [0.717, 1.165) is 45.8 Å². The van der Waals surface area contributed by atoms with Crippen LogP contribution >= 0.6 is 0 Å². The highest BCUT2D eigenvalue weighted by atomic mass is 16.5. The molecule has 0 aliphatic carbocycles. The van der Waals surface area contributed by atoms with E-state index in [1.165, 1.54) is 0 Å². The molecule has 15 heavy (non-hydrogen) atoms. The van der Waals surface area contributed by atoms with E-state index in [2.05, 4.69) is 11.9 Å². The van der Waals surface area contributed by atoms with Crippen LogP contribution in [0.3, 0.4) is 0 Å². The van der Waals surface area contributed by atoms with Gasteiger partial charge >= 0.3 is 0 Å². The fraction of sp³-hybridized carbons (Fsp3) is 1.00. The second kappa shape index (κ2) is 5.25. The molecule has 88 valence electrons. The molecule has 1 N–H and O–H groups in total. The van der Waals surface area contributed by atoms with Gasteiger partial charge in [-0.1, -0.05) is 0 Å². The van der Waals surface area contributed by atoms with Gasteiger partial charge in [-0.25, -0.2) is 0 Å². The van der Waals surface area contributed by atoms with Gasteiger partial charge in [-0.15, -0.1) is 0 Å². The predicted molar refractivity (Wildman–Crippen MR) is 56.8 cm³/mol. The quantitative estimate of drug-likeness (QED) is 0.722. The first kappa shape index (κ1) is 11.3. The number of hydrogen-bond acceptors (Lipinski definition) is 4. The molecule has 0 aromatic heterocycles. The molecule has 4 nitrogen and oxygen atoms in total. The lowest BCUT2D eigenvalue weighted by Gasteiger charge is -2.27. The molecule has 2 rings (SSSR count). The number of ether oxygens (including phenoxy) is 2. The molecule has 0 radical (unpaired) electrons. The van der Waals surface area contributed by atoms with Gasteiger partial charge in [0, 0.05) is 31.7 Å². The number of nitrogens with zero attached hydrogens (tertiary/aromatic N) is 1. The van der Waals surface area contributed by atoms with Crippen LogP contribution in [-0.2, 0) is 9.47 Å². The van der Waals surface area contributed by atoms with Crippen LogP contribution < -0.4 is 0 Å². The molecule has 3 atom stereocenters. The van der Waals surface area contributed by atoms with Crippen LogP contribution in [0.4, 0.5) is 0 Å². The van der Waals surface area contributed by atoms with Gasteiger partial charge in [-0.05, 0) is 19.9 Å². The molecule has 2 heterocycles. The van der Waals surface area contributed by atoms with E-state index in [4.69, 9.17) is 9.47 Å². The maximum absolute atomic E-state index is 10.0. The van der Waals surface area contributed by atoms with E-state index in [-0.39, 0.29) is 6.10 Å². The molecule has 0 amide bonds. The maximum Gasteiger partial charge on any atom is 0.0718 e. The monoisotopic (exact) mass is 215 g/mol. The molecular weight excluding hydrogens is 194 g/mol. The third kappa shape index (κ3) is 2.91. The van der Waals surface area contributed by atoms with Crippen molar-refractivity contribution in [2.75, 3.05) is 40.0 Å². The Bertz CT molecular complexity index is 168. The summed E-state index contributed by atoms with van der Waals surface area (Å²) >= 11 is 0. The lowest BCUT2D eigenvalue weighted by Crippen LogP contribution is -2.40. The van der Waals surface area contributed by atoms with Gasteiger partial charge in [0.15, 0.2) is 0 Å². The first-order chi connectivity index (χ1) is 7.27. The maximum atomic E-state index is 10.0. The summed E-state index contributed by atoms with van der Waals surface area (Å²) in [5, 5.41) is 10.0. The van der Waals surface area contributed by atoms with Crippen LogP contribution in [0.5, 0.6) is 0 Å². The Morgan fingerprint density at radius 3 is 2.60 bits per heavy atom. The standard InChI is InChI=1S/C11H21NO3/c1-12(10-3-5-15-8-10)6-11(13)9-2-4-14-7-9/h9-11,13H,2-8H2,1H3. The molecule has 2 fully saturated rings. The van der Waals surface area contributed by atoms with Gasteiger partial charge < -0.3 is 14.6 Å². The Hall–Kier alpha value is -0.160. The summed E-state index contributed by atoms with van der Waals surface area (Å²) < 4.78 is 10.6. The summed E-state index contributed by atoms with van der Waals surface area (Å²) in [7, 11) is 2.07. The number of aliphatic hydroxyl groups excluding tert-OH is 1. The average molecular weight is 215 g/mol. The van der Waals surface area contributed by atoms with Gasteiger partial charge in [-0.2, -0.15) is 0 Å². The van der Waals surface area contributed by atoms with E-state index in [0.29, 0.717) is 12.0 Å². The van der Waals surface area contributed by atoms with Crippen LogP contribution in [0.1, 0.15) is 12.8 Å². The molecule has 2 saturated heterocycles. The molecule has 0 aromatic rings. The molecule has 2 aliphatic rings. The lowest BCUT2D eigenvalue weighted by molar-refractivity contribution is 0.0485. The Morgan fingerprint density at radius 1 is 1.27 bits per heavy atom. The SMILES string of the molecule is CN(CC(O)C1CCOC1)C1CCOC1. The van der Waals surface area contributed by atoms with Crippen molar-refractivity contribution in [3.05, 3.63) is 0 Å². The largest absolute Gasteiger partial charge is 0.391 e. The highest BCUT2D eigenvalue weighted by Gasteiger charge is 2.28. The molecule has 0 spiro atoms. The Balaban J connectivity index is 1.74. The third-order valence-corrected chi connectivity index (χ3v) is 3.51. The van der Waals surface area contributed by atoms with Gasteiger partial charge in [0.25, 0.3) is 0 Å². The fourth-order valence-corrected chi connectivity index (χ4v) is 2.32. The molecule has 0 saturated carbocycles. The van der Waals surface area contributed by atoms with Crippen molar-refractivity contribution in [3.63, 3.8) is 0 Å². The van der Waals surface area contributed by atoms with E-state index in [1.807, 2.05) is 0 Å². The van der Waals surface area contributed by atoms with Crippen LogP contribution in [0.2, 0.25) is 0 Å². The highest BCUT2D eigenvalue weighted by molar-refractivity contribution is 4.79. The zero-order valence-electron chi connectivity index (χ0n) is 9.39. The fourth-order valence-electron chi connectivity index (χ4n) is 2.32. The Kier molecular flexibility index (Phi) is 3.97. The first-order valence-corrected chi connectivity index (χ1v) is 5.81. The molecule has 4 heteroatoms. The van der Waals surface area contributed by atoms with Crippen molar-refractivity contribution in [1.82, 2.24) is 4.90 Å². The zero-order valence-corrected chi connectivity index (χ0v) is 9.39. The summed E-state index contributed by atoms with van der Waals surface area (Å²) in [6.07, 6.45) is 1.83. The van der Waals surface area contributed by atoms with Gasteiger partial charge in [0.05, 0.1) is 19.3 Å². The van der Waals surface area contributed by atoms with Crippen molar-refractivity contribution < 1.29 is 14.6 Å². The summed E-state index contributed by atoms with van der Waals surface area (Å²) in [5.41, 5.74) is 0.